The van der Waals surface area contributed by atoms with E-state index in [4.69, 9.17) is 4.74 Å². The van der Waals surface area contributed by atoms with Crippen LogP contribution >= 0.6 is 15.9 Å². The number of para-hydroxylation sites is 1. The highest BCUT2D eigenvalue weighted by atomic mass is 79.9. The van der Waals surface area contributed by atoms with E-state index in [1.54, 1.807) is 11.8 Å². The smallest absolute Gasteiger partial charge is 0.340 e. The van der Waals surface area contributed by atoms with Crippen LogP contribution in [0.2, 0.25) is 0 Å². The van der Waals surface area contributed by atoms with Gasteiger partial charge < -0.3 is 9.30 Å². The second kappa shape index (κ2) is 9.11. The van der Waals surface area contributed by atoms with Gasteiger partial charge in [0.25, 0.3) is 5.91 Å². The first-order valence-corrected chi connectivity index (χ1v) is 11.8. The maximum absolute atomic E-state index is 13.6. The Hall–Kier alpha value is -3.38. The first-order valence-electron chi connectivity index (χ1n) is 11.0. The Balaban J connectivity index is 1.88. The lowest BCUT2D eigenvalue weighted by molar-refractivity contribution is -0.136. The summed E-state index contributed by atoms with van der Waals surface area (Å²) in [6.07, 6.45) is 1.81. The number of aryl methyl sites for hydroxylation is 3. The topological polar surface area (TPSA) is 51.5 Å². The van der Waals surface area contributed by atoms with Gasteiger partial charge in [0.05, 0.1) is 23.9 Å². The van der Waals surface area contributed by atoms with Crippen molar-refractivity contribution in [3.8, 4) is 5.69 Å². The number of halogens is 1. The fourth-order valence-electron chi connectivity index (χ4n) is 4.67. The molecule has 34 heavy (non-hydrogen) atoms. The second-order valence-electron chi connectivity index (χ2n) is 8.53. The highest BCUT2D eigenvalue weighted by Gasteiger charge is 2.38. The molecule has 0 radical (unpaired) electrons. The molecule has 2 aromatic carbocycles. The standard InChI is InChI=1S/C28H27BrN2O3/c1-16-8-7-9-17(2)26(16)30-18(3)14-21(19(30)4)15-24-25(28(33)34-6)20(5)31(27(24)32)23-12-10-22(29)11-13-23/h7-15H,1-6H3/b24-15-. The summed E-state index contributed by atoms with van der Waals surface area (Å²) in [7, 11) is 1.33. The third-order valence-electron chi connectivity index (χ3n) is 6.31. The number of benzene rings is 2. The number of esters is 1. The van der Waals surface area contributed by atoms with E-state index in [2.05, 4.69) is 52.5 Å². The molecule has 4 rings (SSSR count). The number of nitrogens with zero attached hydrogens (tertiary/aromatic N) is 2. The molecule has 6 heteroatoms. The quantitative estimate of drug-likeness (QED) is 0.298. The molecule has 174 valence electrons. The molecule has 0 N–H and O–H groups in total. The van der Waals surface area contributed by atoms with E-state index in [0.29, 0.717) is 17.0 Å². The largest absolute Gasteiger partial charge is 0.465 e. The Bertz CT molecular complexity index is 1360. The molecule has 0 fully saturated rings. The molecule has 0 unspecified atom stereocenters. The molecule has 1 aliphatic rings. The Labute approximate surface area is 208 Å². The van der Waals surface area contributed by atoms with Gasteiger partial charge in [0, 0.05) is 27.2 Å². The highest BCUT2D eigenvalue weighted by Crippen LogP contribution is 2.37. The first kappa shape index (κ1) is 23.8. The summed E-state index contributed by atoms with van der Waals surface area (Å²) in [5.74, 6) is -0.780. The molecule has 3 aromatic rings. The fourth-order valence-corrected chi connectivity index (χ4v) is 4.94. The predicted octanol–water partition coefficient (Wildman–Crippen LogP) is 6.35. The van der Waals surface area contributed by atoms with Gasteiger partial charge in [-0.25, -0.2) is 4.79 Å². The van der Waals surface area contributed by atoms with Crippen LogP contribution in [0.5, 0.6) is 0 Å². The van der Waals surface area contributed by atoms with Crippen molar-refractivity contribution in [2.45, 2.75) is 34.6 Å². The molecule has 1 amide bonds. The molecule has 1 aromatic heterocycles. The normalized spacial score (nSPS) is 15.0. The van der Waals surface area contributed by atoms with Gasteiger partial charge in [-0.2, -0.15) is 0 Å². The molecule has 0 spiro atoms. The molecule has 0 bridgehead atoms. The summed E-state index contributed by atoms with van der Waals surface area (Å²) in [5, 5.41) is 0. The summed E-state index contributed by atoms with van der Waals surface area (Å²) in [5.41, 5.74) is 8.27. The number of aromatic nitrogens is 1. The van der Waals surface area contributed by atoms with Gasteiger partial charge >= 0.3 is 5.97 Å². The van der Waals surface area contributed by atoms with Crippen LogP contribution < -0.4 is 4.90 Å². The lowest BCUT2D eigenvalue weighted by Crippen LogP contribution is -2.24. The van der Waals surface area contributed by atoms with E-state index >= 15 is 0 Å². The van der Waals surface area contributed by atoms with Gasteiger partial charge in [0.1, 0.15) is 0 Å². The Kier molecular flexibility index (Phi) is 6.36. The fraction of sp³-hybridized carbons (Fsp3) is 0.214. The summed E-state index contributed by atoms with van der Waals surface area (Å²) in [6.45, 7) is 10.0. The number of allylic oxidation sites excluding steroid dienone is 1. The van der Waals surface area contributed by atoms with Crippen molar-refractivity contribution in [3.63, 3.8) is 0 Å². The van der Waals surface area contributed by atoms with Crippen LogP contribution in [0.15, 0.2) is 69.8 Å². The molecule has 0 saturated carbocycles. The van der Waals surface area contributed by atoms with E-state index in [1.807, 2.05) is 50.3 Å². The van der Waals surface area contributed by atoms with Gasteiger partial charge in [-0.05, 0) is 87.7 Å². The van der Waals surface area contributed by atoms with Crippen molar-refractivity contribution in [1.82, 2.24) is 4.57 Å². The summed E-state index contributed by atoms with van der Waals surface area (Å²) in [6, 6.07) is 15.7. The molecule has 5 nitrogen and oxygen atoms in total. The van der Waals surface area contributed by atoms with Gasteiger partial charge in [-0.3, -0.25) is 9.69 Å². The Morgan fingerprint density at radius 1 is 0.971 bits per heavy atom. The minimum Gasteiger partial charge on any atom is -0.465 e. The number of carbonyl (C=O) groups is 2. The van der Waals surface area contributed by atoms with Crippen molar-refractivity contribution in [2.24, 2.45) is 0 Å². The number of rotatable bonds is 4. The number of carbonyl (C=O) groups excluding carboxylic acids is 2. The van der Waals surface area contributed by atoms with Gasteiger partial charge in [-0.1, -0.05) is 34.1 Å². The van der Waals surface area contributed by atoms with Crippen LogP contribution in [0, 0.1) is 27.7 Å². The van der Waals surface area contributed by atoms with E-state index < -0.39 is 5.97 Å². The van der Waals surface area contributed by atoms with Crippen LogP contribution in [0.4, 0.5) is 5.69 Å². The SMILES string of the molecule is COC(=O)C1=C(C)N(c2ccc(Br)cc2)C(=O)/C1=C\c1cc(C)n(-c2c(C)cccc2C)c1C. The minimum atomic E-state index is -0.528. The Morgan fingerprint density at radius 2 is 1.59 bits per heavy atom. The van der Waals surface area contributed by atoms with Gasteiger partial charge in [0.15, 0.2) is 0 Å². The van der Waals surface area contributed by atoms with Crippen molar-refractivity contribution in [1.29, 1.82) is 0 Å². The van der Waals surface area contributed by atoms with Crippen molar-refractivity contribution in [3.05, 3.63) is 97.9 Å². The first-order chi connectivity index (χ1) is 16.1. The molecule has 0 saturated heterocycles. The third kappa shape index (κ3) is 3.92. The molecular weight excluding hydrogens is 492 g/mol. The summed E-state index contributed by atoms with van der Waals surface area (Å²) >= 11 is 3.43. The molecular formula is C28H27BrN2O3. The number of anilines is 1. The minimum absolute atomic E-state index is 0.253. The number of ether oxygens (including phenoxy) is 1. The van der Waals surface area contributed by atoms with Crippen molar-refractivity contribution in [2.75, 3.05) is 12.0 Å². The molecule has 2 heterocycles. The van der Waals surface area contributed by atoms with Crippen molar-refractivity contribution >= 4 is 39.6 Å². The zero-order chi connectivity index (χ0) is 24.7. The van der Waals surface area contributed by atoms with Crippen LogP contribution in [0.25, 0.3) is 11.8 Å². The van der Waals surface area contributed by atoms with E-state index in [9.17, 15) is 9.59 Å². The van der Waals surface area contributed by atoms with E-state index in [1.165, 1.54) is 18.2 Å². The Morgan fingerprint density at radius 3 is 2.18 bits per heavy atom. The van der Waals surface area contributed by atoms with E-state index in [0.717, 1.165) is 27.1 Å². The summed E-state index contributed by atoms with van der Waals surface area (Å²) < 4.78 is 8.17. The number of hydrogen-bond donors (Lipinski definition) is 0. The van der Waals surface area contributed by atoms with Crippen LogP contribution in [-0.4, -0.2) is 23.6 Å². The average molecular weight is 519 g/mol. The zero-order valence-corrected chi connectivity index (χ0v) is 21.8. The van der Waals surface area contributed by atoms with Gasteiger partial charge in [0.2, 0.25) is 0 Å². The molecule has 0 atom stereocenters. The second-order valence-corrected chi connectivity index (χ2v) is 9.44. The molecule has 1 aliphatic heterocycles. The molecule has 0 aliphatic carbocycles. The van der Waals surface area contributed by atoms with Crippen molar-refractivity contribution < 1.29 is 14.3 Å². The lowest BCUT2D eigenvalue weighted by atomic mass is 10.0. The highest BCUT2D eigenvalue weighted by molar-refractivity contribution is 9.10. The van der Waals surface area contributed by atoms with Crippen LogP contribution in [0.3, 0.4) is 0 Å². The third-order valence-corrected chi connectivity index (χ3v) is 6.84. The number of hydrogen-bond acceptors (Lipinski definition) is 3. The maximum atomic E-state index is 13.6. The maximum Gasteiger partial charge on any atom is 0.340 e. The predicted molar refractivity (Wildman–Crippen MR) is 139 cm³/mol. The summed E-state index contributed by atoms with van der Waals surface area (Å²) in [4.78, 5) is 27.9. The monoisotopic (exact) mass is 518 g/mol. The lowest BCUT2D eigenvalue weighted by Gasteiger charge is -2.18. The van der Waals surface area contributed by atoms with Gasteiger partial charge in [-0.15, -0.1) is 0 Å². The van der Waals surface area contributed by atoms with E-state index in [-0.39, 0.29) is 11.5 Å². The number of methoxy groups -OCH3 is 1. The zero-order valence-electron chi connectivity index (χ0n) is 20.2. The van der Waals surface area contributed by atoms with Crippen LogP contribution in [0.1, 0.15) is 35.0 Å². The average Bonchev–Trinajstić information content (AvgIpc) is 3.21. The number of amides is 1. The van der Waals surface area contributed by atoms with Crippen LogP contribution in [-0.2, 0) is 14.3 Å².